The Kier molecular flexibility index (Phi) is 6.27. The number of thiophene rings is 1. The summed E-state index contributed by atoms with van der Waals surface area (Å²) in [6.45, 7) is 2.34. The number of likely N-dealkylation sites (N-methyl/N-ethyl adjacent to an activating group) is 1. The van der Waals surface area contributed by atoms with E-state index in [1.54, 1.807) is 30.3 Å². The standard InChI is InChI=1S/C23H22FN5O2S/c1-14(16-11-17(24)13-25-12-16)26-23-27-19-8-10-32-21(19)20(28-23)22(31)29(2)9-7-15-3-5-18(30)6-4-15/h3-6,8,10-14,30H,7,9H2,1-2H3,(H,26,27,28)/t14-/m0/s1. The van der Waals surface area contributed by atoms with Gasteiger partial charge in [-0.3, -0.25) is 9.78 Å². The van der Waals surface area contributed by atoms with Gasteiger partial charge in [-0.1, -0.05) is 12.1 Å². The summed E-state index contributed by atoms with van der Waals surface area (Å²) in [6.07, 6.45) is 3.37. The number of aromatic nitrogens is 3. The number of aromatic hydroxyl groups is 1. The molecule has 2 N–H and O–H groups in total. The van der Waals surface area contributed by atoms with Gasteiger partial charge >= 0.3 is 0 Å². The fraction of sp³-hybridized carbons (Fsp3) is 0.217. The van der Waals surface area contributed by atoms with E-state index >= 15 is 0 Å². The Labute approximate surface area is 188 Å². The van der Waals surface area contributed by atoms with Gasteiger partial charge in [0.2, 0.25) is 5.95 Å². The molecule has 0 aliphatic rings. The van der Waals surface area contributed by atoms with Crippen molar-refractivity contribution in [2.75, 3.05) is 18.9 Å². The highest BCUT2D eigenvalue weighted by Crippen LogP contribution is 2.26. The average Bonchev–Trinajstić information content (AvgIpc) is 3.26. The number of phenolic OH excluding ortho intramolecular Hbond substituents is 1. The smallest absolute Gasteiger partial charge is 0.273 e. The molecule has 0 bridgehead atoms. The van der Waals surface area contributed by atoms with Crippen LogP contribution in [0.3, 0.4) is 0 Å². The minimum Gasteiger partial charge on any atom is -0.508 e. The number of carbonyl (C=O) groups excluding carboxylic acids is 1. The molecular weight excluding hydrogens is 429 g/mol. The molecule has 0 spiro atoms. The fourth-order valence-electron chi connectivity index (χ4n) is 3.26. The van der Waals surface area contributed by atoms with E-state index in [1.807, 2.05) is 30.5 Å². The van der Waals surface area contributed by atoms with E-state index in [0.29, 0.717) is 35.7 Å². The quantitative estimate of drug-likeness (QED) is 0.432. The van der Waals surface area contributed by atoms with Crippen molar-refractivity contribution in [1.29, 1.82) is 0 Å². The number of fused-ring (bicyclic) bond motifs is 1. The molecular formula is C23H22FN5O2S. The molecule has 164 valence electrons. The number of rotatable bonds is 7. The number of benzene rings is 1. The van der Waals surface area contributed by atoms with Crippen LogP contribution in [-0.2, 0) is 6.42 Å². The van der Waals surface area contributed by atoms with Crippen molar-refractivity contribution in [2.45, 2.75) is 19.4 Å². The molecule has 3 aromatic heterocycles. The maximum atomic E-state index is 13.5. The van der Waals surface area contributed by atoms with Gasteiger partial charge < -0.3 is 15.3 Å². The van der Waals surface area contributed by atoms with Gasteiger partial charge in [0.1, 0.15) is 11.6 Å². The minimum atomic E-state index is -0.420. The summed E-state index contributed by atoms with van der Waals surface area (Å²) in [6, 6.07) is 9.87. The summed E-state index contributed by atoms with van der Waals surface area (Å²) in [5.74, 6) is -0.122. The highest BCUT2D eigenvalue weighted by Gasteiger charge is 2.20. The molecule has 7 nitrogen and oxygen atoms in total. The molecule has 0 fully saturated rings. The lowest BCUT2D eigenvalue weighted by Gasteiger charge is -2.18. The first-order valence-corrected chi connectivity index (χ1v) is 10.9. The summed E-state index contributed by atoms with van der Waals surface area (Å²) in [7, 11) is 1.73. The zero-order valence-electron chi connectivity index (χ0n) is 17.6. The second kappa shape index (κ2) is 9.27. The van der Waals surface area contributed by atoms with Crippen LogP contribution in [0.2, 0.25) is 0 Å². The lowest BCUT2D eigenvalue weighted by atomic mass is 10.1. The van der Waals surface area contributed by atoms with E-state index in [9.17, 15) is 14.3 Å². The molecule has 3 heterocycles. The molecule has 1 atom stereocenters. The van der Waals surface area contributed by atoms with Crippen LogP contribution in [0.1, 0.15) is 34.6 Å². The summed E-state index contributed by atoms with van der Waals surface area (Å²) < 4.78 is 14.2. The number of hydrogen-bond acceptors (Lipinski definition) is 7. The molecule has 1 aromatic carbocycles. The predicted molar refractivity (Wildman–Crippen MR) is 122 cm³/mol. The largest absolute Gasteiger partial charge is 0.508 e. The van der Waals surface area contributed by atoms with Gasteiger partial charge in [0.25, 0.3) is 5.91 Å². The molecule has 0 aliphatic carbocycles. The van der Waals surface area contributed by atoms with Crippen LogP contribution >= 0.6 is 11.3 Å². The Hall–Kier alpha value is -3.59. The van der Waals surface area contributed by atoms with E-state index in [4.69, 9.17) is 0 Å². The van der Waals surface area contributed by atoms with Crippen LogP contribution in [0.4, 0.5) is 10.3 Å². The summed E-state index contributed by atoms with van der Waals surface area (Å²) in [5, 5.41) is 14.4. The highest BCUT2D eigenvalue weighted by molar-refractivity contribution is 7.17. The molecule has 0 saturated carbocycles. The highest BCUT2D eigenvalue weighted by atomic mass is 32.1. The predicted octanol–water partition coefficient (Wildman–Crippen LogP) is 4.42. The molecule has 9 heteroatoms. The third-order valence-electron chi connectivity index (χ3n) is 5.10. The Morgan fingerprint density at radius 1 is 1.22 bits per heavy atom. The van der Waals surface area contributed by atoms with Gasteiger partial charge in [-0.15, -0.1) is 11.3 Å². The molecule has 0 aliphatic heterocycles. The molecule has 0 unspecified atom stereocenters. The van der Waals surface area contributed by atoms with Crippen LogP contribution in [0, 0.1) is 5.82 Å². The van der Waals surface area contributed by atoms with E-state index in [-0.39, 0.29) is 17.7 Å². The number of pyridine rings is 1. The summed E-state index contributed by atoms with van der Waals surface area (Å²) in [4.78, 5) is 27.7. The van der Waals surface area contributed by atoms with Crippen molar-refractivity contribution < 1.29 is 14.3 Å². The number of nitrogens with zero attached hydrogens (tertiary/aromatic N) is 4. The average molecular weight is 452 g/mol. The molecule has 32 heavy (non-hydrogen) atoms. The van der Waals surface area contributed by atoms with Gasteiger partial charge in [0, 0.05) is 19.8 Å². The first-order chi connectivity index (χ1) is 15.4. The molecule has 4 aromatic rings. The van der Waals surface area contributed by atoms with Crippen molar-refractivity contribution in [2.24, 2.45) is 0 Å². The van der Waals surface area contributed by atoms with Crippen molar-refractivity contribution in [3.63, 3.8) is 0 Å². The molecule has 4 rings (SSSR count). The van der Waals surface area contributed by atoms with Crippen LogP contribution in [0.5, 0.6) is 5.75 Å². The number of nitrogens with one attached hydrogen (secondary N) is 1. The van der Waals surface area contributed by atoms with Crippen molar-refractivity contribution in [1.82, 2.24) is 19.9 Å². The Bertz CT molecular complexity index is 1240. The first kappa shape index (κ1) is 21.6. The normalized spacial score (nSPS) is 12.0. The maximum Gasteiger partial charge on any atom is 0.273 e. The van der Waals surface area contributed by atoms with Crippen molar-refractivity contribution in [3.05, 3.63) is 76.8 Å². The third kappa shape index (κ3) is 4.83. The number of amides is 1. The van der Waals surface area contributed by atoms with Gasteiger partial charge in [-0.2, -0.15) is 0 Å². The topological polar surface area (TPSA) is 91.2 Å². The van der Waals surface area contributed by atoms with E-state index in [2.05, 4.69) is 20.3 Å². The second-order valence-corrected chi connectivity index (χ2v) is 8.39. The van der Waals surface area contributed by atoms with Crippen LogP contribution in [-0.4, -0.2) is 44.5 Å². The van der Waals surface area contributed by atoms with E-state index in [0.717, 1.165) is 16.5 Å². The summed E-state index contributed by atoms with van der Waals surface area (Å²) in [5.41, 5.74) is 2.67. The van der Waals surface area contributed by atoms with Crippen molar-refractivity contribution in [3.8, 4) is 5.75 Å². The Morgan fingerprint density at radius 3 is 2.75 bits per heavy atom. The van der Waals surface area contributed by atoms with Gasteiger partial charge in [0.15, 0.2) is 5.69 Å². The molecule has 0 saturated heterocycles. The van der Waals surface area contributed by atoms with Gasteiger partial charge in [0.05, 0.1) is 22.5 Å². The number of anilines is 1. The van der Waals surface area contributed by atoms with E-state index < -0.39 is 5.82 Å². The lowest BCUT2D eigenvalue weighted by Crippen LogP contribution is -2.30. The zero-order valence-corrected chi connectivity index (χ0v) is 18.4. The van der Waals surface area contributed by atoms with Crippen LogP contribution in [0.25, 0.3) is 10.2 Å². The molecule has 0 radical (unpaired) electrons. The monoisotopic (exact) mass is 451 g/mol. The number of carbonyl (C=O) groups is 1. The van der Waals surface area contributed by atoms with Crippen LogP contribution in [0.15, 0.2) is 54.2 Å². The Morgan fingerprint density at radius 2 is 2.00 bits per heavy atom. The maximum absolute atomic E-state index is 13.5. The fourth-order valence-corrected chi connectivity index (χ4v) is 4.07. The van der Waals surface area contributed by atoms with Gasteiger partial charge in [-0.05, 0) is 54.1 Å². The number of hydrogen-bond donors (Lipinski definition) is 2. The first-order valence-electron chi connectivity index (χ1n) is 10.1. The number of halogens is 1. The van der Waals surface area contributed by atoms with Gasteiger partial charge in [-0.25, -0.2) is 14.4 Å². The minimum absolute atomic E-state index is 0.207. The lowest BCUT2D eigenvalue weighted by molar-refractivity contribution is 0.0793. The second-order valence-electron chi connectivity index (χ2n) is 7.48. The zero-order chi connectivity index (χ0) is 22.7. The van der Waals surface area contributed by atoms with Crippen molar-refractivity contribution >= 4 is 33.4 Å². The van der Waals surface area contributed by atoms with E-state index in [1.165, 1.54) is 17.4 Å². The third-order valence-corrected chi connectivity index (χ3v) is 6.01. The Balaban J connectivity index is 1.54. The molecule has 1 amide bonds. The summed E-state index contributed by atoms with van der Waals surface area (Å²) >= 11 is 1.41. The number of phenols is 1. The van der Waals surface area contributed by atoms with Crippen LogP contribution < -0.4 is 5.32 Å². The SMILES string of the molecule is C[C@H](Nc1nc(C(=O)N(C)CCc2ccc(O)cc2)c2sccc2n1)c1cncc(F)c1.